The molecule has 2 atom stereocenters. The second-order valence-electron chi connectivity index (χ2n) is 4.49. The number of aliphatic carboxylic acids is 1. The number of nitrogens with one attached hydrogen (secondary N) is 1. The van der Waals surface area contributed by atoms with Gasteiger partial charge < -0.3 is 20.1 Å². The van der Waals surface area contributed by atoms with Gasteiger partial charge in [-0.25, -0.2) is 9.59 Å². The molecule has 0 aromatic carbocycles. The van der Waals surface area contributed by atoms with E-state index in [1.807, 2.05) is 13.8 Å². The van der Waals surface area contributed by atoms with Crippen LogP contribution < -0.4 is 5.32 Å². The van der Waals surface area contributed by atoms with E-state index in [1.54, 1.807) is 7.05 Å². The number of urea groups is 1. The van der Waals surface area contributed by atoms with Crippen LogP contribution in [0.1, 0.15) is 26.7 Å². The van der Waals surface area contributed by atoms with Gasteiger partial charge in [0, 0.05) is 26.1 Å². The Morgan fingerprint density at radius 3 is 2.65 bits per heavy atom. The van der Waals surface area contributed by atoms with E-state index < -0.39 is 11.5 Å². The Morgan fingerprint density at radius 1 is 1.59 bits per heavy atom. The van der Waals surface area contributed by atoms with E-state index in [-0.39, 0.29) is 18.7 Å². The van der Waals surface area contributed by atoms with Crippen molar-refractivity contribution in [3.8, 4) is 0 Å². The number of nitrogens with zero attached hydrogens (tertiary/aromatic N) is 1. The van der Waals surface area contributed by atoms with Crippen LogP contribution in [-0.4, -0.2) is 53.8 Å². The quantitative estimate of drug-likeness (QED) is 0.762. The fourth-order valence-electron chi connectivity index (χ4n) is 1.65. The standard InChI is InChI=1S/C11H20N2O4/c1-4-8(2)13(3)10(16)12-11(9(14)15)5-6-17-7-11/h8H,4-7H2,1-3H3,(H,12,16)(H,14,15). The Morgan fingerprint density at radius 2 is 2.24 bits per heavy atom. The molecule has 0 spiro atoms. The largest absolute Gasteiger partial charge is 0.479 e. The summed E-state index contributed by atoms with van der Waals surface area (Å²) >= 11 is 0. The molecule has 0 aromatic heterocycles. The molecule has 0 saturated carbocycles. The molecule has 1 fully saturated rings. The molecule has 2 unspecified atom stereocenters. The average Bonchev–Trinajstić information content (AvgIpc) is 2.76. The van der Waals surface area contributed by atoms with Gasteiger partial charge in [-0.2, -0.15) is 0 Å². The molecule has 98 valence electrons. The highest BCUT2D eigenvalue weighted by Gasteiger charge is 2.44. The van der Waals surface area contributed by atoms with Crippen LogP contribution in [0.5, 0.6) is 0 Å². The summed E-state index contributed by atoms with van der Waals surface area (Å²) in [6.07, 6.45) is 1.13. The summed E-state index contributed by atoms with van der Waals surface area (Å²) in [6.45, 7) is 4.28. The molecule has 2 amide bonds. The van der Waals surface area contributed by atoms with Gasteiger partial charge in [-0.15, -0.1) is 0 Å². The van der Waals surface area contributed by atoms with Gasteiger partial charge in [-0.3, -0.25) is 0 Å². The van der Waals surface area contributed by atoms with Crippen molar-refractivity contribution in [3.63, 3.8) is 0 Å². The molecule has 1 aliphatic heterocycles. The fraction of sp³-hybridized carbons (Fsp3) is 0.818. The van der Waals surface area contributed by atoms with Gasteiger partial charge in [0.25, 0.3) is 0 Å². The van der Waals surface area contributed by atoms with Crippen LogP contribution in [0, 0.1) is 0 Å². The maximum Gasteiger partial charge on any atom is 0.332 e. The molecule has 0 bridgehead atoms. The zero-order valence-corrected chi connectivity index (χ0v) is 10.5. The van der Waals surface area contributed by atoms with E-state index in [4.69, 9.17) is 4.74 Å². The van der Waals surface area contributed by atoms with Crippen LogP contribution in [-0.2, 0) is 9.53 Å². The Balaban J connectivity index is 2.68. The Kier molecular flexibility index (Phi) is 4.34. The number of hydrogen-bond donors (Lipinski definition) is 2. The topological polar surface area (TPSA) is 78.9 Å². The second-order valence-corrected chi connectivity index (χ2v) is 4.49. The molecule has 6 heteroatoms. The minimum absolute atomic E-state index is 0.0302. The lowest BCUT2D eigenvalue weighted by atomic mass is 9.99. The highest BCUT2D eigenvalue weighted by Crippen LogP contribution is 2.19. The zero-order chi connectivity index (χ0) is 13.1. The molecular weight excluding hydrogens is 224 g/mol. The van der Waals surface area contributed by atoms with Gasteiger partial charge in [-0.05, 0) is 13.3 Å². The molecule has 0 radical (unpaired) electrons. The SMILES string of the molecule is CCC(C)N(C)C(=O)NC1(C(=O)O)CCOC1. The molecule has 2 N–H and O–H groups in total. The van der Waals surface area contributed by atoms with Crippen molar-refractivity contribution < 1.29 is 19.4 Å². The van der Waals surface area contributed by atoms with Crippen LogP contribution in [0.25, 0.3) is 0 Å². The van der Waals surface area contributed by atoms with Crippen LogP contribution >= 0.6 is 0 Å². The molecule has 6 nitrogen and oxygen atoms in total. The molecule has 1 rings (SSSR count). The average molecular weight is 244 g/mol. The second kappa shape index (κ2) is 5.35. The Labute approximate surface area is 101 Å². The Hall–Kier alpha value is -1.30. The lowest BCUT2D eigenvalue weighted by Gasteiger charge is -2.30. The summed E-state index contributed by atoms with van der Waals surface area (Å²) in [5.41, 5.74) is -1.27. The number of hydrogen-bond acceptors (Lipinski definition) is 3. The molecule has 0 aromatic rings. The van der Waals surface area contributed by atoms with Gasteiger partial charge in [0.1, 0.15) is 0 Å². The predicted octanol–water partition coefficient (Wildman–Crippen LogP) is 0.670. The van der Waals surface area contributed by atoms with E-state index in [2.05, 4.69) is 5.32 Å². The summed E-state index contributed by atoms with van der Waals surface area (Å²) in [7, 11) is 1.66. The third-order valence-corrected chi connectivity index (χ3v) is 3.35. The van der Waals surface area contributed by atoms with E-state index in [1.165, 1.54) is 4.90 Å². The van der Waals surface area contributed by atoms with Crippen molar-refractivity contribution in [2.45, 2.75) is 38.3 Å². The molecule has 1 aliphatic rings. The number of carboxylic acid groups (broad SMARTS) is 1. The van der Waals surface area contributed by atoms with Gasteiger partial charge in [0.05, 0.1) is 6.61 Å². The highest BCUT2D eigenvalue weighted by molar-refractivity contribution is 5.86. The van der Waals surface area contributed by atoms with Crippen LogP contribution in [0.3, 0.4) is 0 Å². The third kappa shape index (κ3) is 2.88. The monoisotopic (exact) mass is 244 g/mol. The van der Waals surface area contributed by atoms with Gasteiger partial charge in [0.2, 0.25) is 0 Å². The van der Waals surface area contributed by atoms with Crippen molar-refractivity contribution in [2.75, 3.05) is 20.3 Å². The summed E-state index contributed by atoms with van der Waals surface area (Å²) in [5, 5.41) is 11.7. The molecular formula is C11H20N2O4. The number of ether oxygens (including phenoxy) is 1. The number of rotatable bonds is 4. The number of carbonyl (C=O) groups excluding carboxylic acids is 1. The highest BCUT2D eigenvalue weighted by atomic mass is 16.5. The summed E-state index contributed by atoms with van der Waals surface area (Å²) in [4.78, 5) is 24.6. The van der Waals surface area contributed by atoms with Crippen LogP contribution in [0.2, 0.25) is 0 Å². The lowest BCUT2D eigenvalue weighted by Crippen LogP contribution is -2.58. The number of carbonyl (C=O) groups is 2. The van der Waals surface area contributed by atoms with Crippen molar-refractivity contribution in [1.29, 1.82) is 0 Å². The minimum Gasteiger partial charge on any atom is -0.479 e. The third-order valence-electron chi connectivity index (χ3n) is 3.35. The van der Waals surface area contributed by atoms with Gasteiger partial charge in [-0.1, -0.05) is 6.92 Å². The Bertz CT molecular complexity index is 300. The van der Waals surface area contributed by atoms with E-state index >= 15 is 0 Å². The fourth-order valence-corrected chi connectivity index (χ4v) is 1.65. The van der Waals surface area contributed by atoms with Crippen molar-refractivity contribution in [1.82, 2.24) is 10.2 Å². The van der Waals surface area contributed by atoms with E-state index in [9.17, 15) is 14.7 Å². The first-order valence-electron chi connectivity index (χ1n) is 5.79. The first kappa shape index (κ1) is 13.8. The summed E-state index contributed by atoms with van der Waals surface area (Å²) < 4.78 is 5.08. The minimum atomic E-state index is -1.27. The van der Waals surface area contributed by atoms with Crippen LogP contribution in [0.4, 0.5) is 4.79 Å². The van der Waals surface area contributed by atoms with Gasteiger partial charge in [0.15, 0.2) is 5.54 Å². The number of amides is 2. The van der Waals surface area contributed by atoms with Crippen LogP contribution in [0.15, 0.2) is 0 Å². The maximum atomic E-state index is 11.9. The molecule has 0 aliphatic carbocycles. The molecule has 1 saturated heterocycles. The molecule has 1 heterocycles. The zero-order valence-electron chi connectivity index (χ0n) is 10.5. The van der Waals surface area contributed by atoms with E-state index in [0.717, 1.165) is 6.42 Å². The first-order chi connectivity index (χ1) is 7.93. The van der Waals surface area contributed by atoms with E-state index in [0.29, 0.717) is 13.0 Å². The normalized spacial score (nSPS) is 25.4. The van der Waals surface area contributed by atoms with Crippen molar-refractivity contribution >= 4 is 12.0 Å². The smallest absolute Gasteiger partial charge is 0.332 e. The van der Waals surface area contributed by atoms with Crippen molar-refractivity contribution in [2.24, 2.45) is 0 Å². The van der Waals surface area contributed by atoms with Gasteiger partial charge >= 0.3 is 12.0 Å². The summed E-state index contributed by atoms with van der Waals surface area (Å²) in [5.74, 6) is -1.04. The summed E-state index contributed by atoms with van der Waals surface area (Å²) in [6, 6.07) is -0.296. The lowest BCUT2D eigenvalue weighted by molar-refractivity contribution is -0.144. The first-order valence-corrected chi connectivity index (χ1v) is 5.79. The maximum absolute atomic E-state index is 11.9. The number of carboxylic acids is 1. The van der Waals surface area contributed by atoms with Crippen molar-refractivity contribution in [3.05, 3.63) is 0 Å². The predicted molar refractivity (Wildman–Crippen MR) is 61.9 cm³/mol. The molecule has 17 heavy (non-hydrogen) atoms.